The third-order valence-corrected chi connectivity index (χ3v) is 4.10. The normalized spacial score (nSPS) is 36.6. The Kier molecular flexibility index (Phi) is 3.23. The minimum absolute atomic E-state index is 0.0687. The number of aliphatic hydroxyl groups excluding tert-OH is 1. The lowest BCUT2D eigenvalue weighted by atomic mass is 9.64. The van der Waals surface area contributed by atoms with Gasteiger partial charge in [-0.15, -0.1) is 0 Å². The van der Waals surface area contributed by atoms with Gasteiger partial charge in [-0.2, -0.15) is 0 Å². The summed E-state index contributed by atoms with van der Waals surface area (Å²) in [4.78, 5) is 11.9. The van der Waals surface area contributed by atoms with Crippen LogP contribution in [0.1, 0.15) is 52.9 Å². The highest BCUT2D eigenvalue weighted by atomic mass is 16.3. The molecule has 0 heterocycles. The van der Waals surface area contributed by atoms with Gasteiger partial charge >= 0.3 is 0 Å². The van der Waals surface area contributed by atoms with Crippen LogP contribution in [0.15, 0.2) is 0 Å². The third kappa shape index (κ3) is 3.01. The lowest BCUT2D eigenvalue weighted by Gasteiger charge is -2.47. The first-order chi connectivity index (χ1) is 7.86. The number of carbonyl (C=O) groups excluding carboxylic acids is 1. The Balaban J connectivity index is 2.08. The Labute approximate surface area is 104 Å². The van der Waals surface area contributed by atoms with Gasteiger partial charge in [0.2, 0.25) is 5.91 Å². The maximum Gasteiger partial charge on any atom is 0.223 e. The quantitative estimate of drug-likeness (QED) is 0.792. The lowest BCUT2D eigenvalue weighted by Crippen LogP contribution is -2.57. The van der Waals surface area contributed by atoms with E-state index in [0.717, 1.165) is 25.7 Å². The number of carbonyl (C=O) groups is 1. The summed E-state index contributed by atoms with van der Waals surface area (Å²) in [7, 11) is 0. The highest BCUT2D eigenvalue weighted by Gasteiger charge is 2.45. The van der Waals surface area contributed by atoms with E-state index in [2.05, 4.69) is 26.1 Å². The van der Waals surface area contributed by atoms with Crippen LogP contribution in [0.25, 0.3) is 0 Å². The molecule has 1 amide bonds. The maximum absolute atomic E-state index is 11.9. The molecule has 0 saturated heterocycles. The van der Waals surface area contributed by atoms with Crippen LogP contribution in [0.5, 0.6) is 0 Å². The number of hydrogen-bond donors (Lipinski definition) is 2. The van der Waals surface area contributed by atoms with Crippen molar-refractivity contribution in [2.75, 3.05) is 6.61 Å². The second-order valence-corrected chi connectivity index (χ2v) is 7.06. The molecule has 0 aromatic heterocycles. The average molecular weight is 239 g/mol. The van der Waals surface area contributed by atoms with Crippen molar-refractivity contribution in [3.8, 4) is 0 Å². The van der Waals surface area contributed by atoms with Gasteiger partial charge in [-0.25, -0.2) is 0 Å². The smallest absolute Gasteiger partial charge is 0.223 e. The van der Waals surface area contributed by atoms with E-state index in [1.54, 1.807) is 0 Å². The molecule has 2 aliphatic carbocycles. The molecule has 17 heavy (non-hydrogen) atoms. The summed E-state index contributed by atoms with van der Waals surface area (Å²) in [6.07, 6.45) is 5.01. The highest BCUT2D eigenvalue weighted by molar-refractivity contribution is 5.81. The standard InChI is InChI=1S/C14H25NO2/c1-10-6-13(2,3)8-14(7-10,9-16)15-12(17)11-4-5-11/h10-11,16H,4-9H2,1-3H3,(H,15,17)/t10-,14+/m0/s1. The molecule has 2 rings (SSSR count). The Hall–Kier alpha value is -0.570. The summed E-state index contributed by atoms with van der Waals surface area (Å²) < 4.78 is 0. The molecule has 2 saturated carbocycles. The molecule has 0 aliphatic heterocycles. The molecule has 3 heteroatoms. The maximum atomic E-state index is 11.9. The van der Waals surface area contributed by atoms with Crippen LogP contribution >= 0.6 is 0 Å². The second-order valence-electron chi connectivity index (χ2n) is 7.06. The minimum Gasteiger partial charge on any atom is -0.394 e. The zero-order valence-corrected chi connectivity index (χ0v) is 11.3. The SMILES string of the molecule is C[C@H]1CC(C)(C)C[C@](CO)(NC(=O)C2CC2)C1. The average Bonchev–Trinajstić information content (AvgIpc) is 2.96. The fourth-order valence-corrected chi connectivity index (χ4v) is 3.71. The largest absolute Gasteiger partial charge is 0.394 e. The fourth-order valence-electron chi connectivity index (χ4n) is 3.71. The second kappa shape index (κ2) is 4.27. The van der Waals surface area contributed by atoms with Gasteiger partial charge in [0.05, 0.1) is 12.1 Å². The zero-order valence-electron chi connectivity index (χ0n) is 11.3. The summed E-state index contributed by atoms with van der Waals surface area (Å²) >= 11 is 0. The molecular formula is C14H25NO2. The molecule has 0 unspecified atom stereocenters. The summed E-state index contributed by atoms with van der Waals surface area (Å²) in [6.45, 7) is 6.75. The molecule has 98 valence electrons. The predicted molar refractivity (Wildman–Crippen MR) is 67.5 cm³/mol. The van der Waals surface area contributed by atoms with Crippen LogP contribution < -0.4 is 5.32 Å². The van der Waals surface area contributed by atoms with Crippen LogP contribution in [-0.4, -0.2) is 23.2 Å². The van der Waals surface area contributed by atoms with E-state index >= 15 is 0 Å². The number of aliphatic hydroxyl groups is 1. The van der Waals surface area contributed by atoms with E-state index in [1.807, 2.05) is 0 Å². The van der Waals surface area contributed by atoms with Gasteiger partial charge in [0.15, 0.2) is 0 Å². The van der Waals surface area contributed by atoms with Gasteiger partial charge in [0.25, 0.3) is 0 Å². The van der Waals surface area contributed by atoms with Gasteiger partial charge in [-0.1, -0.05) is 20.8 Å². The molecule has 2 aliphatic rings. The van der Waals surface area contributed by atoms with E-state index in [4.69, 9.17) is 0 Å². The number of amides is 1. The van der Waals surface area contributed by atoms with Gasteiger partial charge in [-0.05, 0) is 43.4 Å². The minimum atomic E-state index is -0.374. The topological polar surface area (TPSA) is 49.3 Å². The lowest BCUT2D eigenvalue weighted by molar-refractivity contribution is -0.126. The Morgan fingerprint density at radius 1 is 1.35 bits per heavy atom. The van der Waals surface area contributed by atoms with Crippen LogP contribution in [0.2, 0.25) is 0 Å². The summed E-state index contributed by atoms with van der Waals surface area (Å²) in [6, 6.07) is 0. The van der Waals surface area contributed by atoms with Crippen molar-refractivity contribution in [1.29, 1.82) is 0 Å². The van der Waals surface area contributed by atoms with E-state index in [9.17, 15) is 9.90 Å². The Bertz CT molecular complexity index is 309. The van der Waals surface area contributed by atoms with Crippen LogP contribution in [0.3, 0.4) is 0 Å². The monoisotopic (exact) mass is 239 g/mol. The van der Waals surface area contributed by atoms with Crippen molar-refractivity contribution >= 4 is 5.91 Å². The molecule has 2 atom stereocenters. The molecule has 0 radical (unpaired) electrons. The van der Waals surface area contributed by atoms with Crippen molar-refractivity contribution in [2.45, 2.75) is 58.4 Å². The molecule has 3 nitrogen and oxygen atoms in total. The molecule has 0 aromatic rings. The number of rotatable bonds is 3. The fraction of sp³-hybridized carbons (Fsp3) is 0.929. The predicted octanol–water partition coefficient (Wildman–Crippen LogP) is 2.09. The van der Waals surface area contributed by atoms with E-state index < -0.39 is 0 Å². The van der Waals surface area contributed by atoms with Gasteiger partial charge in [-0.3, -0.25) is 4.79 Å². The van der Waals surface area contributed by atoms with Crippen LogP contribution in [0, 0.1) is 17.3 Å². The first kappa shape index (κ1) is 12.9. The summed E-state index contributed by atoms with van der Waals surface area (Å²) in [5.41, 5.74) is -0.169. The van der Waals surface area contributed by atoms with Crippen molar-refractivity contribution in [3.63, 3.8) is 0 Å². The highest BCUT2D eigenvalue weighted by Crippen LogP contribution is 2.44. The molecular weight excluding hydrogens is 214 g/mol. The van der Waals surface area contributed by atoms with Gasteiger partial charge in [0, 0.05) is 5.92 Å². The van der Waals surface area contributed by atoms with Crippen molar-refractivity contribution in [2.24, 2.45) is 17.3 Å². The van der Waals surface area contributed by atoms with Gasteiger partial charge < -0.3 is 10.4 Å². The Morgan fingerprint density at radius 3 is 2.47 bits per heavy atom. The van der Waals surface area contributed by atoms with Crippen LogP contribution in [0.4, 0.5) is 0 Å². The first-order valence-electron chi connectivity index (χ1n) is 6.79. The summed E-state index contributed by atoms with van der Waals surface area (Å²) in [5.74, 6) is 0.938. The molecule has 0 bridgehead atoms. The number of nitrogens with one attached hydrogen (secondary N) is 1. The van der Waals surface area contributed by atoms with Crippen molar-refractivity contribution in [3.05, 3.63) is 0 Å². The molecule has 2 N–H and O–H groups in total. The summed E-state index contributed by atoms with van der Waals surface area (Å²) in [5, 5.41) is 12.9. The van der Waals surface area contributed by atoms with E-state index in [-0.39, 0.29) is 29.4 Å². The zero-order chi connectivity index (χ0) is 12.7. The van der Waals surface area contributed by atoms with Crippen molar-refractivity contribution in [1.82, 2.24) is 5.32 Å². The van der Waals surface area contributed by atoms with Gasteiger partial charge in [0.1, 0.15) is 0 Å². The molecule has 2 fully saturated rings. The third-order valence-electron chi connectivity index (χ3n) is 4.10. The number of hydrogen-bond acceptors (Lipinski definition) is 2. The first-order valence-corrected chi connectivity index (χ1v) is 6.79. The molecule has 0 aromatic carbocycles. The van der Waals surface area contributed by atoms with E-state index in [0.29, 0.717) is 5.92 Å². The van der Waals surface area contributed by atoms with Crippen LogP contribution in [-0.2, 0) is 4.79 Å². The Morgan fingerprint density at radius 2 is 2.00 bits per heavy atom. The van der Waals surface area contributed by atoms with Crippen molar-refractivity contribution < 1.29 is 9.90 Å². The van der Waals surface area contributed by atoms with E-state index in [1.165, 1.54) is 6.42 Å². The molecule has 0 spiro atoms.